The molecule has 0 atom stereocenters. The van der Waals surface area contributed by atoms with Gasteiger partial charge in [-0.1, -0.05) is 45.2 Å². The number of halogens is 3. The summed E-state index contributed by atoms with van der Waals surface area (Å²) in [7, 11) is -3.67. The van der Waals surface area contributed by atoms with Gasteiger partial charge >= 0.3 is 0 Å². The highest BCUT2D eigenvalue weighted by molar-refractivity contribution is 9.10. The van der Waals surface area contributed by atoms with Crippen molar-refractivity contribution in [1.82, 2.24) is 9.78 Å². The molecule has 9 heteroatoms. The van der Waals surface area contributed by atoms with Crippen LogP contribution in [0.25, 0.3) is 0 Å². The lowest BCUT2D eigenvalue weighted by Crippen LogP contribution is -2.12. The summed E-state index contributed by atoms with van der Waals surface area (Å²) in [6, 6.07) is 11.6. The first kappa shape index (κ1) is 18.3. The summed E-state index contributed by atoms with van der Waals surface area (Å²) >= 11 is 15.3. The lowest BCUT2D eigenvalue weighted by Gasteiger charge is -2.06. The van der Waals surface area contributed by atoms with Crippen LogP contribution in [0.2, 0.25) is 10.0 Å². The second kappa shape index (κ2) is 7.37. The first-order chi connectivity index (χ1) is 11.8. The fourth-order valence-electron chi connectivity index (χ4n) is 2.16. The Morgan fingerprint density at radius 1 is 1.12 bits per heavy atom. The van der Waals surface area contributed by atoms with Gasteiger partial charge in [0.1, 0.15) is 0 Å². The highest BCUT2D eigenvalue weighted by atomic mass is 79.9. The third-order valence-electron chi connectivity index (χ3n) is 3.36. The molecule has 0 aliphatic heterocycles. The topological polar surface area (TPSA) is 64.0 Å². The average molecular weight is 461 g/mol. The van der Waals surface area contributed by atoms with Gasteiger partial charge in [-0.2, -0.15) is 5.10 Å². The normalized spacial score (nSPS) is 11.5. The van der Waals surface area contributed by atoms with Crippen LogP contribution in [0.5, 0.6) is 0 Å². The van der Waals surface area contributed by atoms with E-state index in [0.29, 0.717) is 22.3 Å². The smallest absolute Gasteiger partial charge is 0.261 e. The van der Waals surface area contributed by atoms with Crippen molar-refractivity contribution in [3.63, 3.8) is 0 Å². The summed E-state index contributed by atoms with van der Waals surface area (Å²) in [6.07, 6.45) is 3.04. The van der Waals surface area contributed by atoms with Crippen molar-refractivity contribution < 1.29 is 8.42 Å². The quantitative estimate of drug-likeness (QED) is 0.594. The molecule has 3 rings (SSSR count). The summed E-state index contributed by atoms with van der Waals surface area (Å²) in [5.74, 6) is 0. The Kier molecular flexibility index (Phi) is 5.38. The summed E-state index contributed by atoms with van der Waals surface area (Å²) in [4.78, 5) is 0.171. The van der Waals surface area contributed by atoms with Gasteiger partial charge in [-0.15, -0.1) is 0 Å². The van der Waals surface area contributed by atoms with Crippen molar-refractivity contribution in [2.75, 3.05) is 4.72 Å². The van der Waals surface area contributed by atoms with Crippen LogP contribution in [0.3, 0.4) is 0 Å². The van der Waals surface area contributed by atoms with Crippen molar-refractivity contribution in [3.8, 4) is 0 Å². The van der Waals surface area contributed by atoms with Gasteiger partial charge in [0.05, 0.1) is 23.3 Å². The van der Waals surface area contributed by atoms with Crippen LogP contribution >= 0.6 is 39.1 Å². The minimum Gasteiger partial charge on any atom is -0.276 e. The monoisotopic (exact) mass is 459 g/mol. The molecular weight excluding hydrogens is 449 g/mol. The van der Waals surface area contributed by atoms with Gasteiger partial charge in [0.2, 0.25) is 0 Å². The van der Waals surface area contributed by atoms with Gasteiger partial charge in [-0.05, 0) is 42.0 Å². The van der Waals surface area contributed by atoms with Crippen LogP contribution in [0.1, 0.15) is 5.56 Å². The number of nitrogens with one attached hydrogen (secondary N) is 1. The highest BCUT2D eigenvalue weighted by Crippen LogP contribution is 2.23. The predicted octanol–water partition coefficient (Wildman–Crippen LogP) is 4.80. The summed E-state index contributed by atoms with van der Waals surface area (Å²) in [5, 5.41) is 5.24. The van der Waals surface area contributed by atoms with Gasteiger partial charge in [-0.25, -0.2) is 8.42 Å². The molecule has 3 aromatic rings. The maximum Gasteiger partial charge on any atom is 0.261 e. The summed E-state index contributed by atoms with van der Waals surface area (Å²) < 4.78 is 29.6. The van der Waals surface area contributed by atoms with Gasteiger partial charge in [0.25, 0.3) is 10.0 Å². The Balaban J connectivity index is 1.76. The predicted molar refractivity (Wildman–Crippen MR) is 103 cm³/mol. The number of nitrogens with zero attached hydrogens (tertiary/aromatic N) is 2. The Morgan fingerprint density at radius 2 is 1.84 bits per heavy atom. The number of sulfonamides is 1. The van der Waals surface area contributed by atoms with Crippen molar-refractivity contribution >= 4 is 54.8 Å². The van der Waals surface area contributed by atoms with E-state index in [0.717, 1.165) is 10.0 Å². The molecular formula is C16H12BrCl2N3O2S. The van der Waals surface area contributed by atoms with Crippen molar-refractivity contribution in [2.45, 2.75) is 11.4 Å². The fraction of sp³-hybridized carbons (Fsp3) is 0.0625. The molecule has 0 unspecified atom stereocenters. The molecule has 130 valence electrons. The van der Waals surface area contributed by atoms with E-state index in [9.17, 15) is 8.42 Å². The van der Waals surface area contributed by atoms with E-state index >= 15 is 0 Å². The maximum absolute atomic E-state index is 12.4. The van der Waals surface area contributed by atoms with E-state index in [1.807, 2.05) is 0 Å². The number of hydrogen-bond donors (Lipinski definition) is 1. The summed E-state index contributed by atoms with van der Waals surface area (Å²) in [6.45, 7) is 0.399. The van der Waals surface area contributed by atoms with E-state index in [4.69, 9.17) is 23.2 Å². The van der Waals surface area contributed by atoms with E-state index in [2.05, 4.69) is 25.8 Å². The first-order valence-electron chi connectivity index (χ1n) is 7.08. The zero-order valence-corrected chi connectivity index (χ0v) is 16.6. The molecule has 25 heavy (non-hydrogen) atoms. The molecule has 1 N–H and O–H groups in total. The molecule has 0 bridgehead atoms. The number of benzene rings is 2. The SMILES string of the molecule is O=S(=O)(Nc1cnn(Cc2ccc(Cl)cc2Cl)c1)c1ccc(Br)cc1. The fourth-order valence-corrected chi connectivity index (χ4v) is 3.92. The number of hydrogen-bond acceptors (Lipinski definition) is 3. The molecule has 0 aliphatic rings. The zero-order chi connectivity index (χ0) is 18.0. The van der Waals surface area contributed by atoms with E-state index < -0.39 is 10.0 Å². The van der Waals surface area contributed by atoms with Crippen LogP contribution in [-0.2, 0) is 16.6 Å². The Labute approximate surface area is 163 Å². The van der Waals surface area contributed by atoms with Gasteiger partial charge < -0.3 is 0 Å². The largest absolute Gasteiger partial charge is 0.276 e. The minimum atomic E-state index is -3.67. The number of anilines is 1. The average Bonchev–Trinajstić information content (AvgIpc) is 2.97. The van der Waals surface area contributed by atoms with E-state index in [1.54, 1.807) is 41.2 Å². The Morgan fingerprint density at radius 3 is 2.52 bits per heavy atom. The molecule has 5 nitrogen and oxygen atoms in total. The van der Waals surface area contributed by atoms with Crippen LogP contribution in [0.15, 0.2) is 64.2 Å². The third kappa shape index (κ3) is 4.55. The number of aromatic nitrogens is 2. The molecule has 0 spiro atoms. The molecule has 0 amide bonds. The standard InChI is InChI=1S/C16H12BrCl2N3O2S/c17-12-2-5-15(6-3-12)25(23,24)21-14-8-20-22(10-14)9-11-1-4-13(18)7-16(11)19/h1-8,10,21H,9H2. The second-order valence-electron chi connectivity index (χ2n) is 5.22. The Hall–Kier alpha value is -1.54. The lowest BCUT2D eigenvalue weighted by atomic mass is 10.2. The third-order valence-corrected chi connectivity index (χ3v) is 5.87. The molecule has 0 saturated heterocycles. The van der Waals surface area contributed by atoms with Crippen LogP contribution in [0, 0.1) is 0 Å². The molecule has 1 heterocycles. The van der Waals surface area contributed by atoms with Gasteiger partial charge in [-0.3, -0.25) is 9.40 Å². The van der Waals surface area contributed by atoms with Crippen LogP contribution < -0.4 is 4.72 Å². The lowest BCUT2D eigenvalue weighted by molar-refractivity contribution is 0.601. The minimum absolute atomic E-state index is 0.171. The highest BCUT2D eigenvalue weighted by Gasteiger charge is 2.15. The maximum atomic E-state index is 12.4. The van der Waals surface area contributed by atoms with Gasteiger partial charge in [0, 0.05) is 20.7 Å². The van der Waals surface area contributed by atoms with Crippen molar-refractivity contribution in [1.29, 1.82) is 0 Å². The van der Waals surface area contributed by atoms with E-state index in [1.165, 1.54) is 18.3 Å². The molecule has 1 aromatic heterocycles. The van der Waals surface area contributed by atoms with Crippen LogP contribution in [0.4, 0.5) is 5.69 Å². The molecule has 0 radical (unpaired) electrons. The molecule has 2 aromatic carbocycles. The van der Waals surface area contributed by atoms with Crippen molar-refractivity contribution in [3.05, 3.63) is 74.9 Å². The molecule has 0 aliphatic carbocycles. The zero-order valence-electron chi connectivity index (χ0n) is 12.7. The van der Waals surface area contributed by atoms with Crippen LogP contribution in [-0.4, -0.2) is 18.2 Å². The van der Waals surface area contributed by atoms with Gasteiger partial charge in [0.15, 0.2) is 0 Å². The second-order valence-corrected chi connectivity index (χ2v) is 8.66. The Bertz CT molecular complexity index is 1000. The molecule has 0 fully saturated rings. The first-order valence-corrected chi connectivity index (χ1v) is 10.1. The number of rotatable bonds is 5. The summed E-state index contributed by atoms with van der Waals surface area (Å²) in [5.41, 5.74) is 1.20. The van der Waals surface area contributed by atoms with Crippen molar-refractivity contribution in [2.24, 2.45) is 0 Å². The molecule has 0 saturated carbocycles. The van der Waals surface area contributed by atoms with E-state index in [-0.39, 0.29) is 4.90 Å².